The second-order valence-electron chi connectivity index (χ2n) is 6.56. The number of carbonyl (C=O) groups excluding carboxylic acids is 1. The van der Waals surface area contributed by atoms with E-state index in [2.05, 4.69) is 0 Å². The Balaban J connectivity index is 1.78. The van der Waals surface area contributed by atoms with Gasteiger partial charge in [0.2, 0.25) is 5.91 Å². The third kappa shape index (κ3) is 3.78. The highest BCUT2D eigenvalue weighted by atomic mass is 35.5. The number of fused-ring (bicyclic) bond motifs is 1. The van der Waals surface area contributed by atoms with Crippen LogP contribution in [0.15, 0.2) is 77.8 Å². The van der Waals surface area contributed by atoms with E-state index in [4.69, 9.17) is 21.3 Å². The summed E-state index contributed by atoms with van der Waals surface area (Å²) in [5.74, 6) is 0.680. The van der Waals surface area contributed by atoms with E-state index in [-0.39, 0.29) is 12.3 Å². The molecule has 0 unspecified atom stereocenters. The van der Waals surface area contributed by atoms with Crippen molar-refractivity contribution in [3.8, 4) is 5.75 Å². The minimum Gasteiger partial charge on any atom is -0.497 e. The molecule has 1 aliphatic heterocycles. The fourth-order valence-corrected chi connectivity index (χ4v) is 3.37. The molecule has 0 N–H and O–H groups in total. The average molecular weight is 391 g/mol. The molecule has 1 heterocycles. The lowest BCUT2D eigenvalue weighted by molar-refractivity contribution is -0.117. The Hall–Kier alpha value is -3.11. The molecule has 0 aliphatic carbocycles. The van der Waals surface area contributed by atoms with Crippen molar-refractivity contribution in [2.24, 2.45) is 4.99 Å². The van der Waals surface area contributed by atoms with Crippen LogP contribution in [0.2, 0.25) is 5.02 Å². The number of aliphatic imine (C=N–C) groups is 1. The van der Waals surface area contributed by atoms with Crippen LogP contribution in [-0.4, -0.2) is 18.7 Å². The van der Waals surface area contributed by atoms with Gasteiger partial charge in [-0.15, -0.1) is 0 Å². The summed E-state index contributed by atoms with van der Waals surface area (Å²) in [7, 11) is 1.62. The summed E-state index contributed by atoms with van der Waals surface area (Å²) in [5.41, 5.74) is 4.16. The zero-order valence-corrected chi connectivity index (χ0v) is 16.2. The van der Waals surface area contributed by atoms with E-state index >= 15 is 0 Å². The van der Waals surface area contributed by atoms with Gasteiger partial charge in [0, 0.05) is 11.1 Å². The number of carbonyl (C=O) groups is 1. The lowest BCUT2D eigenvalue weighted by Gasteiger charge is -2.23. The van der Waals surface area contributed by atoms with Gasteiger partial charge in [-0.05, 0) is 35.4 Å². The lowest BCUT2D eigenvalue weighted by Crippen LogP contribution is -2.31. The van der Waals surface area contributed by atoms with E-state index in [0.717, 1.165) is 28.2 Å². The smallest absolute Gasteiger partial charge is 0.233 e. The number of halogens is 1. The maximum atomic E-state index is 13.2. The molecule has 0 bridgehead atoms. The van der Waals surface area contributed by atoms with Gasteiger partial charge in [-0.2, -0.15) is 0 Å². The van der Waals surface area contributed by atoms with E-state index in [1.807, 2.05) is 72.8 Å². The number of nitrogens with zero attached hydrogens (tertiary/aromatic N) is 2. The number of hydrogen-bond acceptors (Lipinski definition) is 3. The van der Waals surface area contributed by atoms with Crippen LogP contribution in [0.3, 0.4) is 0 Å². The van der Waals surface area contributed by atoms with Crippen LogP contribution in [-0.2, 0) is 11.3 Å². The molecule has 5 heteroatoms. The first-order valence-electron chi connectivity index (χ1n) is 9.00. The maximum absolute atomic E-state index is 13.2. The molecule has 0 aromatic heterocycles. The molecule has 4 nitrogen and oxygen atoms in total. The van der Waals surface area contributed by atoms with E-state index < -0.39 is 0 Å². The predicted octanol–water partition coefficient (Wildman–Crippen LogP) is 5.41. The molecule has 0 radical (unpaired) electrons. The standard InChI is InChI=1S/C23H19ClN2O2/c1-28-19-11-12-20-22(13-19)26(15-16-5-3-2-4-6-16)23(27)14-21(25-20)17-7-9-18(24)10-8-17/h2-13H,14-15H2,1H3. The SMILES string of the molecule is COc1ccc2c(c1)N(Cc1ccccc1)C(=O)CC(c1ccc(Cl)cc1)=N2. The molecule has 140 valence electrons. The Morgan fingerprint density at radius 1 is 1.04 bits per heavy atom. The Labute approximate surface area is 169 Å². The van der Waals surface area contributed by atoms with Gasteiger partial charge in [0.15, 0.2) is 0 Å². The van der Waals surface area contributed by atoms with E-state index in [9.17, 15) is 4.79 Å². The van der Waals surface area contributed by atoms with Crippen molar-refractivity contribution in [1.29, 1.82) is 0 Å². The second-order valence-corrected chi connectivity index (χ2v) is 7.00. The average Bonchev–Trinajstić information content (AvgIpc) is 2.86. The summed E-state index contributed by atoms with van der Waals surface area (Å²) in [6.07, 6.45) is 0.214. The van der Waals surface area contributed by atoms with Crippen LogP contribution >= 0.6 is 11.6 Å². The zero-order chi connectivity index (χ0) is 19.5. The molecule has 1 aliphatic rings. The molecule has 0 atom stereocenters. The van der Waals surface area contributed by atoms with Crippen molar-refractivity contribution < 1.29 is 9.53 Å². The zero-order valence-electron chi connectivity index (χ0n) is 15.4. The first-order valence-corrected chi connectivity index (χ1v) is 9.37. The van der Waals surface area contributed by atoms with Gasteiger partial charge in [0.1, 0.15) is 5.75 Å². The molecule has 4 rings (SSSR count). The van der Waals surface area contributed by atoms with Crippen LogP contribution in [0.5, 0.6) is 5.75 Å². The fourth-order valence-electron chi connectivity index (χ4n) is 3.25. The lowest BCUT2D eigenvalue weighted by atomic mass is 10.1. The monoisotopic (exact) mass is 390 g/mol. The third-order valence-corrected chi connectivity index (χ3v) is 4.96. The number of benzene rings is 3. The summed E-state index contributed by atoms with van der Waals surface area (Å²) >= 11 is 6.01. The maximum Gasteiger partial charge on any atom is 0.233 e. The Bertz CT molecular complexity index is 1030. The van der Waals surface area contributed by atoms with E-state index in [0.29, 0.717) is 17.3 Å². The number of rotatable bonds is 4. The molecule has 3 aromatic carbocycles. The summed E-state index contributed by atoms with van der Waals surface area (Å²) in [5, 5.41) is 0.653. The van der Waals surface area contributed by atoms with Crippen LogP contribution < -0.4 is 9.64 Å². The molecular formula is C23H19ClN2O2. The fraction of sp³-hybridized carbons (Fsp3) is 0.130. The Kier molecular flexibility index (Phi) is 5.13. The third-order valence-electron chi connectivity index (χ3n) is 4.71. The molecule has 1 amide bonds. The van der Waals surface area contributed by atoms with Crippen LogP contribution in [0.25, 0.3) is 0 Å². The van der Waals surface area contributed by atoms with Crippen molar-refractivity contribution in [2.45, 2.75) is 13.0 Å². The molecule has 0 fully saturated rings. The van der Waals surface area contributed by atoms with Gasteiger partial charge >= 0.3 is 0 Å². The van der Waals surface area contributed by atoms with Crippen LogP contribution in [0.1, 0.15) is 17.5 Å². The van der Waals surface area contributed by atoms with Gasteiger partial charge in [-0.1, -0.05) is 54.1 Å². The van der Waals surface area contributed by atoms with E-state index in [1.165, 1.54) is 0 Å². The number of anilines is 1. The van der Waals surface area contributed by atoms with Gasteiger partial charge in [0.05, 0.1) is 37.2 Å². The minimum atomic E-state index is -0.00967. The molecule has 0 saturated heterocycles. The van der Waals surface area contributed by atoms with Crippen LogP contribution in [0, 0.1) is 0 Å². The normalized spacial score (nSPS) is 13.6. The molecule has 3 aromatic rings. The predicted molar refractivity (Wildman–Crippen MR) is 113 cm³/mol. The first kappa shape index (κ1) is 18.3. The van der Waals surface area contributed by atoms with Gasteiger partial charge in [-0.3, -0.25) is 9.79 Å². The van der Waals surface area contributed by atoms with Gasteiger partial charge < -0.3 is 9.64 Å². The van der Waals surface area contributed by atoms with Crippen molar-refractivity contribution in [3.05, 3.63) is 88.9 Å². The number of methoxy groups -OCH3 is 1. The molecular weight excluding hydrogens is 372 g/mol. The van der Waals surface area contributed by atoms with Crippen molar-refractivity contribution >= 4 is 34.6 Å². The minimum absolute atomic E-state index is 0.00967. The summed E-state index contributed by atoms with van der Waals surface area (Å²) < 4.78 is 5.38. The summed E-state index contributed by atoms with van der Waals surface area (Å²) in [6, 6.07) is 23.0. The van der Waals surface area contributed by atoms with Gasteiger partial charge in [-0.25, -0.2) is 0 Å². The highest BCUT2D eigenvalue weighted by Gasteiger charge is 2.25. The highest BCUT2D eigenvalue weighted by molar-refractivity contribution is 6.30. The van der Waals surface area contributed by atoms with Crippen molar-refractivity contribution in [3.63, 3.8) is 0 Å². The summed E-state index contributed by atoms with van der Waals surface area (Å²) in [6.45, 7) is 0.475. The number of hydrogen-bond donors (Lipinski definition) is 0. The largest absolute Gasteiger partial charge is 0.497 e. The Morgan fingerprint density at radius 3 is 2.50 bits per heavy atom. The molecule has 28 heavy (non-hydrogen) atoms. The first-order chi connectivity index (χ1) is 13.6. The highest BCUT2D eigenvalue weighted by Crippen LogP contribution is 2.37. The quantitative estimate of drug-likeness (QED) is 0.598. The topological polar surface area (TPSA) is 41.9 Å². The van der Waals surface area contributed by atoms with Crippen molar-refractivity contribution in [2.75, 3.05) is 12.0 Å². The Morgan fingerprint density at radius 2 is 1.79 bits per heavy atom. The van der Waals surface area contributed by atoms with Crippen LogP contribution in [0.4, 0.5) is 11.4 Å². The second kappa shape index (κ2) is 7.87. The van der Waals surface area contributed by atoms with E-state index in [1.54, 1.807) is 12.0 Å². The van der Waals surface area contributed by atoms with Gasteiger partial charge in [0.25, 0.3) is 0 Å². The molecule has 0 spiro atoms. The number of ether oxygens (including phenoxy) is 1. The number of amides is 1. The molecule has 0 saturated carbocycles. The summed E-state index contributed by atoms with van der Waals surface area (Å²) in [4.78, 5) is 19.8. The van der Waals surface area contributed by atoms with Crippen molar-refractivity contribution in [1.82, 2.24) is 0 Å².